The number of rotatable bonds is 7. The van der Waals surface area contributed by atoms with E-state index in [2.05, 4.69) is 20.6 Å². The summed E-state index contributed by atoms with van der Waals surface area (Å²) < 4.78 is 12.9. The molecule has 0 spiro atoms. The smallest absolute Gasteiger partial charge is 0.253 e. The van der Waals surface area contributed by atoms with Crippen LogP contribution in [0.1, 0.15) is 21.6 Å². The molecule has 0 bridgehead atoms. The zero-order chi connectivity index (χ0) is 18.2. The van der Waals surface area contributed by atoms with Crippen LogP contribution >= 0.6 is 0 Å². The van der Waals surface area contributed by atoms with Gasteiger partial charge >= 0.3 is 0 Å². The van der Waals surface area contributed by atoms with Crippen LogP contribution in [0.25, 0.3) is 0 Å². The second-order valence-electron chi connectivity index (χ2n) is 5.74. The van der Waals surface area contributed by atoms with Crippen molar-refractivity contribution < 1.29 is 9.18 Å². The number of nitrogens with one attached hydrogen (secondary N) is 2. The molecule has 2 aromatic heterocycles. The molecule has 0 aliphatic rings. The number of carbonyl (C=O) groups excluding carboxylic acids is 1. The Hall–Kier alpha value is -3.28. The predicted octanol–water partition coefficient (Wildman–Crippen LogP) is 3.20. The molecular weight excluding hydrogens is 331 g/mol. The van der Waals surface area contributed by atoms with Gasteiger partial charge in [-0.1, -0.05) is 18.2 Å². The largest absolute Gasteiger partial charge is 0.370 e. The SMILES string of the molecule is O=C(NCc1ccccn1)c1ccc(NCCc2ccc(F)cc2)nc1. The number of nitrogens with zero attached hydrogens (tertiary/aromatic N) is 2. The van der Waals surface area contributed by atoms with Crippen LogP contribution in [0.5, 0.6) is 0 Å². The normalized spacial score (nSPS) is 10.3. The third-order valence-corrected chi connectivity index (χ3v) is 3.81. The Morgan fingerprint density at radius 1 is 1.00 bits per heavy atom. The lowest BCUT2D eigenvalue weighted by atomic mass is 10.1. The van der Waals surface area contributed by atoms with Crippen LogP contribution in [-0.4, -0.2) is 22.4 Å². The Morgan fingerprint density at radius 3 is 2.54 bits per heavy atom. The maximum absolute atomic E-state index is 12.9. The van der Waals surface area contributed by atoms with Crippen molar-refractivity contribution in [2.24, 2.45) is 0 Å². The summed E-state index contributed by atoms with van der Waals surface area (Å²) in [6.45, 7) is 1.04. The Kier molecular flexibility index (Phi) is 5.88. The topological polar surface area (TPSA) is 66.9 Å². The van der Waals surface area contributed by atoms with Crippen LogP contribution in [0.4, 0.5) is 10.2 Å². The van der Waals surface area contributed by atoms with Crippen LogP contribution < -0.4 is 10.6 Å². The van der Waals surface area contributed by atoms with Gasteiger partial charge in [0, 0.05) is 18.9 Å². The van der Waals surface area contributed by atoms with Gasteiger partial charge in [-0.2, -0.15) is 0 Å². The van der Waals surface area contributed by atoms with Gasteiger partial charge < -0.3 is 10.6 Å². The molecule has 0 radical (unpaired) electrons. The monoisotopic (exact) mass is 350 g/mol. The number of pyridine rings is 2. The minimum absolute atomic E-state index is 0.194. The van der Waals surface area contributed by atoms with Gasteiger partial charge in [0.25, 0.3) is 5.91 Å². The molecule has 132 valence electrons. The van der Waals surface area contributed by atoms with E-state index < -0.39 is 0 Å². The molecule has 1 aromatic carbocycles. The number of hydrogen-bond donors (Lipinski definition) is 2. The first-order chi connectivity index (χ1) is 12.7. The summed E-state index contributed by atoms with van der Waals surface area (Å²) in [5.74, 6) is 0.259. The molecule has 0 fully saturated rings. The van der Waals surface area contributed by atoms with Gasteiger partial charge in [0.05, 0.1) is 17.8 Å². The number of aromatic nitrogens is 2. The molecule has 0 unspecified atom stereocenters. The molecule has 3 aromatic rings. The quantitative estimate of drug-likeness (QED) is 0.687. The first-order valence-corrected chi connectivity index (χ1v) is 8.33. The minimum Gasteiger partial charge on any atom is -0.370 e. The maximum atomic E-state index is 12.9. The molecule has 6 heteroatoms. The molecule has 0 aliphatic heterocycles. The van der Waals surface area contributed by atoms with Gasteiger partial charge in [0.1, 0.15) is 11.6 Å². The third kappa shape index (κ3) is 5.11. The fourth-order valence-electron chi connectivity index (χ4n) is 2.39. The number of amides is 1. The molecular formula is C20H19FN4O. The van der Waals surface area contributed by atoms with Gasteiger partial charge in [0.15, 0.2) is 0 Å². The Bertz CT molecular complexity index is 836. The summed E-state index contributed by atoms with van der Waals surface area (Å²) in [6.07, 6.45) is 3.98. The maximum Gasteiger partial charge on any atom is 0.253 e. The van der Waals surface area contributed by atoms with Crippen molar-refractivity contribution in [3.05, 3.63) is 89.6 Å². The molecule has 0 saturated carbocycles. The van der Waals surface area contributed by atoms with Gasteiger partial charge in [-0.15, -0.1) is 0 Å². The van der Waals surface area contributed by atoms with Gasteiger partial charge in [-0.25, -0.2) is 9.37 Å². The van der Waals surface area contributed by atoms with E-state index in [-0.39, 0.29) is 11.7 Å². The predicted molar refractivity (Wildman–Crippen MR) is 98.2 cm³/mol. The fourth-order valence-corrected chi connectivity index (χ4v) is 2.39. The number of carbonyl (C=O) groups is 1. The first-order valence-electron chi connectivity index (χ1n) is 8.33. The van der Waals surface area contributed by atoms with Crippen molar-refractivity contribution in [2.45, 2.75) is 13.0 Å². The van der Waals surface area contributed by atoms with E-state index >= 15 is 0 Å². The number of halogens is 1. The number of benzene rings is 1. The highest BCUT2D eigenvalue weighted by atomic mass is 19.1. The van der Waals surface area contributed by atoms with Crippen molar-refractivity contribution in [3.63, 3.8) is 0 Å². The highest BCUT2D eigenvalue weighted by Gasteiger charge is 2.06. The number of anilines is 1. The molecule has 5 nitrogen and oxygen atoms in total. The minimum atomic E-state index is -0.236. The van der Waals surface area contributed by atoms with Gasteiger partial charge in [-0.3, -0.25) is 9.78 Å². The van der Waals surface area contributed by atoms with Crippen molar-refractivity contribution in [2.75, 3.05) is 11.9 Å². The lowest BCUT2D eigenvalue weighted by molar-refractivity contribution is 0.0950. The van der Waals surface area contributed by atoms with E-state index in [1.165, 1.54) is 18.3 Å². The lowest BCUT2D eigenvalue weighted by Crippen LogP contribution is -2.23. The van der Waals surface area contributed by atoms with Crippen molar-refractivity contribution >= 4 is 11.7 Å². The summed E-state index contributed by atoms with van der Waals surface area (Å²) in [4.78, 5) is 20.5. The Labute approximate surface area is 151 Å². The van der Waals surface area contributed by atoms with E-state index in [4.69, 9.17) is 0 Å². The molecule has 1 amide bonds. The second-order valence-corrected chi connectivity index (χ2v) is 5.74. The van der Waals surface area contributed by atoms with Crippen LogP contribution in [-0.2, 0) is 13.0 Å². The van der Waals surface area contributed by atoms with E-state index in [0.29, 0.717) is 24.5 Å². The highest BCUT2D eigenvalue weighted by Crippen LogP contribution is 2.07. The highest BCUT2D eigenvalue weighted by molar-refractivity contribution is 5.93. The average molecular weight is 350 g/mol. The molecule has 0 aliphatic carbocycles. The van der Waals surface area contributed by atoms with E-state index in [9.17, 15) is 9.18 Å². The van der Waals surface area contributed by atoms with Crippen LogP contribution in [0.15, 0.2) is 67.0 Å². The zero-order valence-electron chi connectivity index (χ0n) is 14.2. The zero-order valence-corrected chi connectivity index (χ0v) is 14.2. The van der Waals surface area contributed by atoms with Crippen LogP contribution in [0, 0.1) is 5.82 Å². The lowest BCUT2D eigenvalue weighted by Gasteiger charge is -2.07. The summed E-state index contributed by atoms with van der Waals surface area (Å²) in [5.41, 5.74) is 2.34. The standard InChI is InChI=1S/C20H19FN4O/c21-17-7-4-15(5-8-17)10-12-23-19-9-6-16(13-24-19)20(26)25-14-18-3-1-2-11-22-18/h1-9,11,13H,10,12,14H2,(H,23,24)(H,25,26). The molecule has 0 saturated heterocycles. The fraction of sp³-hybridized carbons (Fsp3) is 0.150. The summed E-state index contributed by atoms with van der Waals surface area (Å²) in [6, 6.07) is 15.5. The van der Waals surface area contributed by atoms with Crippen molar-refractivity contribution in [3.8, 4) is 0 Å². The van der Waals surface area contributed by atoms with Crippen molar-refractivity contribution in [1.29, 1.82) is 0 Å². The van der Waals surface area contributed by atoms with E-state index in [0.717, 1.165) is 17.7 Å². The molecule has 2 N–H and O–H groups in total. The molecule has 0 atom stereocenters. The Balaban J connectivity index is 1.46. The third-order valence-electron chi connectivity index (χ3n) is 3.81. The van der Waals surface area contributed by atoms with Crippen molar-refractivity contribution in [1.82, 2.24) is 15.3 Å². The molecule has 26 heavy (non-hydrogen) atoms. The summed E-state index contributed by atoms with van der Waals surface area (Å²) in [7, 11) is 0. The average Bonchev–Trinajstić information content (AvgIpc) is 2.69. The second kappa shape index (κ2) is 8.71. The van der Waals surface area contributed by atoms with E-state index in [1.807, 2.05) is 18.2 Å². The Morgan fingerprint density at radius 2 is 1.85 bits per heavy atom. The van der Waals surface area contributed by atoms with Gasteiger partial charge in [0.2, 0.25) is 0 Å². The molecule has 2 heterocycles. The van der Waals surface area contributed by atoms with Crippen LogP contribution in [0.3, 0.4) is 0 Å². The van der Waals surface area contributed by atoms with Crippen LogP contribution in [0.2, 0.25) is 0 Å². The summed E-state index contributed by atoms with van der Waals surface area (Å²) >= 11 is 0. The summed E-state index contributed by atoms with van der Waals surface area (Å²) in [5, 5.41) is 6.00. The molecule has 3 rings (SSSR count). The van der Waals surface area contributed by atoms with Gasteiger partial charge in [-0.05, 0) is 48.4 Å². The van der Waals surface area contributed by atoms with E-state index in [1.54, 1.807) is 30.5 Å². The first kappa shape index (κ1) is 17.5. The number of hydrogen-bond acceptors (Lipinski definition) is 4.